The molecule has 0 atom stereocenters. The molecule has 0 spiro atoms. The van der Waals surface area contributed by atoms with Crippen LogP contribution in [-0.2, 0) is 10.0 Å². The summed E-state index contributed by atoms with van der Waals surface area (Å²) in [5.41, 5.74) is -0.0426. The highest BCUT2D eigenvalue weighted by atomic mass is 79.9. The van der Waals surface area contributed by atoms with Crippen molar-refractivity contribution >= 4 is 31.9 Å². The highest BCUT2D eigenvalue weighted by Crippen LogP contribution is 2.25. The van der Waals surface area contributed by atoms with Crippen LogP contribution in [0.1, 0.15) is 15.9 Å². The van der Waals surface area contributed by atoms with Crippen molar-refractivity contribution in [3.05, 3.63) is 27.7 Å². The lowest BCUT2D eigenvalue weighted by molar-refractivity contribution is -0.121. The molecule has 1 aromatic rings. The van der Waals surface area contributed by atoms with Crippen LogP contribution in [0.5, 0.6) is 0 Å². The van der Waals surface area contributed by atoms with Gasteiger partial charge in [0, 0.05) is 4.47 Å². The van der Waals surface area contributed by atoms with E-state index in [1.165, 1.54) is 11.6 Å². The monoisotopic (exact) mass is 375 g/mol. The quantitative estimate of drug-likeness (QED) is 0.845. The minimum atomic E-state index is -4.70. The predicted molar refractivity (Wildman–Crippen MR) is 67.1 cm³/mol. The zero-order chi connectivity index (χ0) is 15.7. The maximum Gasteiger partial charge on any atom is 0.402 e. The Hall–Kier alpha value is -1.13. The lowest BCUT2D eigenvalue weighted by atomic mass is 10.1. The molecule has 0 aliphatic heterocycles. The molecule has 0 saturated heterocycles. The van der Waals surface area contributed by atoms with Gasteiger partial charge in [-0.2, -0.15) is 13.2 Å². The number of sulfonamides is 1. The van der Waals surface area contributed by atoms with Gasteiger partial charge in [0.2, 0.25) is 10.0 Å². The Balaban J connectivity index is 3.23. The van der Waals surface area contributed by atoms with Gasteiger partial charge in [-0.1, -0.05) is 15.9 Å². The molecule has 1 rings (SSSR count). The maximum atomic E-state index is 12.0. The Labute approximate surface area is 121 Å². The number of alkyl halides is 3. The zero-order valence-electron chi connectivity index (χ0n) is 9.95. The van der Waals surface area contributed by atoms with E-state index in [0.717, 1.165) is 12.1 Å². The van der Waals surface area contributed by atoms with E-state index in [1.807, 2.05) is 0 Å². The molecule has 5 nitrogen and oxygen atoms in total. The van der Waals surface area contributed by atoms with E-state index in [9.17, 15) is 26.4 Å². The molecule has 1 aromatic carbocycles. The van der Waals surface area contributed by atoms with Crippen molar-refractivity contribution in [3.8, 4) is 0 Å². The van der Waals surface area contributed by atoms with Crippen molar-refractivity contribution in [2.45, 2.75) is 18.0 Å². The van der Waals surface area contributed by atoms with E-state index < -0.39 is 33.6 Å². The fraction of sp³-hybridized carbons (Fsp3) is 0.300. The fourth-order valence-corrected chi connectivity index (χ4v) is 2.97. The normalized spacial score (nSPS) is 12.4. The van der Waals surface area contributed by atoms with Gasteiger partial charge in [-0.3, -0.25) is 0 Å². The van der Waals surface area contributed by atoms with Crippen molar-refractivity contribution in [1.29, 1.82) is 0 Å². The van der Waals surface area contributed by atoms with Crippen LogP contribution >= 0.6 is 15.9 Å². The molecule has 20 heavy (non-hydrogen) atoms. The van der Waals surface area contributed by atoms with Crippen LogP contribution in [0.15, 0.2) is 21.5 Å². The van der Waals surface area contributed by atoms with Crippen molar-refractivity contribution in [2.75, 3.05) is 6.54 Å². The van der Waals surface area contributed by atoms with Gasteiger partial charge in [0.05, 0.1) is 10.5 Å². The number of carboxylic acid groups (broad SMARTS) is 1. The molecule has 0 saturated carbocycles. The number of hydrogen-bond donors (Lipinski definition) is 2. The summed E-state index contributed by atoms with van der Waals surface area (Å²) in [6, 6.07) is 1.85. The Morgan fingerprint density at radius 1 is 1.40 bits per heavy atom. The van der Waals surface area contributed by atoms with Gasteiger partial charge in [0.15, 0.2) is 0 Å². The van der Waals surface area contributed by atoms with Gasteiger partial charge in [0.1, 0.15) is 6.54 Å². The molecule has 0 aliphatic carbocycles. The largest absolute Gasteiger partial charge is 0.478 e. The average molecular weight is 376 g/mol. The fourth-order valence-electron chi connectivity index (χ4n) is 1.29. The molecule has 112 valence electrons. The summed E-state index contributed by atoms with van der Waals surface area (Å²) in [4.78, 5) is 10.4. The number of halogens is 4. The van der Waals surface area contributed by atoms with E-state index in [0.29, 0.717) is 0 Å². The molecule has 2 N–H and O–H groups in total. The number of hydrogen-bond acceptors (Lipinski definition) is 3. The Bertz CT molecular complexity index is 643. The highest BCUT2D eigenvalue weighted by molar-refractivity contribution is 9.10. The smallest absolute Gasteiger partial charge is 0.402 e. The van der Waals surface area contributed by atoms with Crippen LogP contribution in [0, 0.1) is 6.92 Å². The van der Waals surface area contributed by atoms with Gasteiger partial charge < -0.3 is 5.11 Å². The molecule has 0 radical (unpaired) electrons. The number of aromatic carboxylic acids is 1. The van der Waals surface area contributed by atoms with Crippen LogP contribution < -0.4 is 4.72 Å². The maximum absolute atomic E-state index is 12.0. The first-order valence-corrected chi connectivity index (χ1v) is 7.31. The predicted octanol–water partition coefficient (Wildman–Crippen LogP) is 2.30. The number of nitrogens with one attached hydrogen (secondary N) is 1. The van der Waals surface area contributed by atoms with Crippen LogP contribution in [0.25, 0.3) is 0 Å². The summed E-state index contributed by atoms with van der Waals surface area (Å²) in [5.74, 6) is -1.38. The summed E-state index contributed by atoms with van der Waals surface area (Å²) in [7, 11) is -4.45. The summed E-state index contributed by atoms with van der Waals surface area (Å²) >= 11 is 2.97. The van der Waals surface area contributed by atoms with Gasteiger partial charge in [-0.05, 0) is 24.6 Å². The summed E-state index contributed by atoms with van der Waals surface area (Å²) < 4.78 is 61.0. The van der Waals surface area contributed by atoms with Crippen LogP contribution in [0.2, 0.25) is 0 Å². The molecule has 0 heterocycles. The van der Waals surface area contributed by atoms with Crippen molar-refractivity contribution in [2.24, 2.45) is 0 Å². The zero-order valence-corrected chi connectivity index (χ0v) is 12.4. The van der Waals surface area contributed by atoms with Gasteiger partial charge in [0.25, 0.3) is 0 Å². The number of carbonyl (C=O) groups is 1. The van der Waals surface area contributed by atoms with Crippen LogP contribution in [-0.4, -0.2) is 32.2 Å². The molecule has 0 amide bonds. The minimum absolute atomic E-state index is 0.171. The van der Waals surface area contributed by atoms with Crippen LogP contribution in [0.3, 0.4) is 0 Å². The second kappa shape index (κ2) is 5.70. The second-order valence-electron chi connectivity index (χ2n) is 3.82. The summed E-state index contributed by atoms with van der Waals surface area (Å²) in [5, 5.41) is 8.92. The van der Waals surface area contributed by atoms with Gasteiger partial charge in [-0.15, -0.1) is 0 Å². The highest BCUT2D eigenvalue weighted by Gasteiger charge is 2.30. The molecule has 0 bridgehead atoms. The molecule has 0 unspecified atom stereocenters. The molecular formula is C10H9BrF3NO4S. The minimum Gasteiger partial charge on any atom is -0.478 e. The van der Waals surface area contributed by atoms with E-state index in [2.05, 4.69) is 15.9 Å². The first kappa shape index (κ1) is 16.9. The van der Waals surface area contributed by atoms with E-state index >= 15 is 0 Å². The third-order valence-electron chi connectivity index (χ3n) is 2.32. The number of benzene rings is 1. The first-order valence-electron chi connectivity index (χ1n) is 5.04. The van der Waals surface area contributed by atoms with Gasteiger partial charge >= 0.3 is 12.1 Å². The Kier molecular flexibility index (Phi) is 4.82. The lowest BCUT2D eigenvalue weighted by Gasteiger charge is -2.11. The molecule has 10 heteroatoms. The van der Waals surface area contributed by atoms with Crippen molar-refractivity contribution < 1.29 is 31.5 Å². The first-order chi connectivity index (χ1) is 8.94. The third-order valence-corrected chi connectivity index (χ3v) is 4.53. The van der Waals surface area contributed by atoms with Crippen molar-refractivity contribution in [3.63, 3.8) is 0 Å². The lowest BCUT2D eigenvalue weighted by Crippen LogP contribution is -2.33. The van der Waals surface area contributed by atoms with Crippen molar-refractivity contribution in [1.82, 2.24) is 4.72 Å². The molecular weight excluding hydrogens is 367 g/mol. The van der Waals surface area contributed by atoms with E-state index in [4.69, 9.17) is 5.11 Å². The molecule has 0 aliphatic rings. The number of carboxylic acids is 1. The average Bonchev–Trinajstić information content (AvgIpc) is 2.28. The third kappa shape index (κ3) is 4.18. The SMILES string of the molecule is Cc1c(Br)cc(S(=O)(=O)NCC(F)(F)F)cc1C(=O)O. The second-order valence-corrected chi connectivity index (χ2v) is 6.44. The summed E-state index contributed by atoms with van der Waals surface area (Å²) in [6.07, 6.45) is -4.70. The Morgan fingerprint density at radius 2 is 1.95 bits per heavy atom. The molecule has 0 aromatic heterocycles. The molecule has 0 fully saturated rings. The standard InChI is InChI=1S/C10H9BrF3NO4S/c1-5-7(9(16)17)2-6(3-8(5)11)20(18,19)15-4-10(12,13)14/h2-3,15H,4H2,1H3,(H,16,17). The Morgan fingerprint density at radius 3 is 2.40 bits per heavy atom. The topological polar surface area (TPSA) is 83.5 Å². The van der Waals surface area contributed by atoms with E-state index in [1.54, 1.807) is 0 Å². The van der Waals surface area contributed by atoms with Gasteiger partial charge in [-0.25, -0.2) is 17.9 Å². The van der Waals surface area contributed by atoms with E-state index in [-0.39, 0.29) is 15.6 Å². The number of rotatable bonds is 4. The summed E-state index contributed by atoms with van der Waals surface area (Å²) in [6.45, 7) is -0.295. The van der Waals surface area contributed by atoms with Crippen LogP contribution in [0.4, 0.5) is 13.2 Å².